The third-order valence-corrected chi connectivity index (χ3v) is 3.17. The topological polar surface area (TPSA) is 67.2 Å². The number of hydrazone groups is 1. The zero-order valence-corrected chi connectivity index (χ0v) is 11.8. The first kappa shape index (κ1) is 14.2. The van der Waals surface area contributed by atoms with E-state index in [1.165, 1.54) is 11.8 Å². The molecule has 0 aliphatic rings. The first-order chi connectivity index (χ1) is 9.74. The Morgan fingerprint density at radius 1 is 1.30 bits per heavy atom. The van der Waals surface area contributed by atoms with Gasteiger partial charge < -0.3 is 0 Å². The van der Waals surface area contributed by atoms with Gasteiger partial charge in [-0.25, -0.2) is 15.4 Å². The third-order valence-electron chi connectivity index (χ3n) is 2.29. The van der Waals surface area contributed by atoms with E-state index in [0.717, 1.165) is 11.1 Å². The first-order valence-corrected chi connectivity index (χ1v) is 7.01. The number of carbonyl (C=O) groups is 1. The van der Waals surface area contributed by atoms with Crippen molar-refractivity contribution >= 4 is 23.9 Å². The lowest BCUT2D eigenvalue weighted by molar-refractivity contribution is -0.118. The standard InChI is InChI=1S/C14H14N4OS/c1-11-7-15-14(16-8-11)20-10-13(19)18-17-9-12-5-3-2-4-6-12/h2-9H,10H2,1H3,(H,18,19)/b17-9+. The zero-order chi connectivity index (χ0) is 14.2. The van der Waals surface area contributed by atoms with Crippen LogP contribution in [-0.2, 0) is 4.79 Å². The molecular formula is C14H14N4OS. The lowest BCUT2D eigenvalue weighted by atomic mass is 10.2. The summed E-state index contributed by atoms with van der Waals surface area (Å²) in [5.41, 5.74) is 4.39. The van der Waals surface area contributed by atoms with E-state index in [2.05, 4.69) is 20.5 Å². The summed E-state index contributed by atoms with van der Waals surface area (Å²) in [5.74, 6) is 0.0428. The van der Waals surface area contributed by atoms with Gasteiger partial charge in [0.05, 0.1) is 12.0 Å². The van der Waals surface area contributed by atoms with E-state index in [9.17, 15) is 4.79 Å². The summed E-state index contributed by atoms with van der Waals surface area (Å²) in [6, 6.07) is 9.56. The SMILES string of the molecule is Cc1cnc(SCC(=O)N/N=C/c2ccccc2)nc1. The van der Waals surface area contributed by atoms with Crippen molar-refractivity contribution in [3.05, 3.63) is 53.9 Å². The van der Waals surface area contributed by atoms with Gasteiger partial charge in [0.15, 0.2) is 5.16 Å². The van der Waals surface area contributed by atoms with Gasteiger partial charge in [-0.1, -0.05) is 42.1 Å². The third kappa shape index (κ3) is 4.81. The number of hydrogen-bond acceptors (Lipinski definition) is 5. The molecule has 2 rings (SSSR count). The molecule has 0 fully saturated rings. The average molecular weight is 286 g/mol. The second-order valence-electron chi connectivity index (χ2n) is 4.04. The van der Waals surface area contributed by atoms with E-state index in [-0.39, 0.29) is 11.7 Å². The Labute approximate surface area is 121 Å². The van der Waals surface area contributed by atoms with E-state index < -0.39 is 0 Å². The Morgan fingerprint density at radius 2 is 2.00 bits per heavy atom. The monoisotopic (exact) mass is 286 g/mol. The Balaban J connectivity index is 1.76. The van der Waals surface area contributed by atoms with Crippen molar-refractivity contribution < 1.29 is 4.79 Å². The molecule has 20 heavy (non-hydrogen) atoms. The number of nitrogens with zero attached hydrogens (tertiary/aromatic N) is 3. The van der Waals surface area contributed by atoms with Gasteiger partial charge in [-0.3, -0.25) is 4.79 Å². The fourth-order valence-corrected chi connectivity index (χ4v) is 1.91. The molecule has 0 aliphatic heterocycles. The van der Waals surface area contributed by atoms with Gasteiger partial charge in [0.25, 0.3) is 5.91 Å². The molecule has 0 bridgehead atoms. The van der Waals surface area contributed by atoms with Crippen LogP contribution in [0.2, 0.25) is 0 Å². The van der Waals surface area contributed by atoms with Crippen LogP contribution in [0, 0.1) is 6.92 Å². The maximum atomic E-state index is 11.6. The van der Waals surface area contributed by atoms with Gasteiger partial charge >= 0.3 is 0 Å². The summed E-state index contributed by atoms with van der Waals surface area (Å²) in [7, 11) is 0. The molecule has 1 aromatic heterocycles. The molecule has 0 saturated heterocycles. The molecule has 0 spiro atoms. The van der Waals surface area contributed by atoms with Crippen LogP contribution in [-0.4, -0.2) is 27.8 Å². The van der Waals surface area contributed by atoms with E-state index >= 15 is 0 Å². The maximum Gasteiger partial charge on any atom is 0.250 e. The largest absolute Gasteiger partial charge is 0.272 e. The quantitative estimate of drug-likeness (QED) is 0.395. The highest BCUT2D eigenvalue weighted by Crippen LogP contribution is 2.10. The average Bonchev–Trinajstić information content (AvgIpc) is 2.48. The number of aryl methyl sites for hydroxylation is 1. The second-order valence-corrected chi connectivity index (χ2v) is 4.98. The number of hydrogen-bond donors (Lipinski definition) is 1. The fraction of sp³-hybridized carbons (Fsp3) is 0.143. The lowest BCUT2D eigenvalue weighted by Crippen LogP contribution is -2.19. The summed E-state index contributed by atoms with van der Waals surface area (Å²) in [6.07, 6.45) is 5.05. The van der Waals surface area contributed by atoms with Crippen LogP contribution in [0.3, 0.4) is 0 Å². The predicted molar refractivity (Wildman–Crippen MR) is 79.7 cm³/mol. The Morgan fingerprint density at radius 3 is 2.70 bits per heavy atom. The molecule has 0 radical (unpaired) electrons. The highest BCUT2D eigenvalue weighted by Gasteiger charge is 2.03. The number of benzene rings is 1. The minimum absolute atomic E-state index is 0.189. The lowest BCUT2D eigenvalue weighted by Gasteiger charge is -1.99. The van der Waals surface area contributed by atoms with Gasteiger partial charge in [-0.2, -0.15) is 5.10 Å². The van der Waals surface area contributed by atoms with Gasteiger partial charge in [0.2, 0.25) is 0 Å². The van der Waals surface area contributed by atoms with Crippen LogP contribution in [0.15, 0.2) is 53.0 Å². The number of nitrogens with one attached hydrogen (secondary N) is 1. The molecule has 1 N–H and O–H groups in total. The number of rotatable bonds is 5. The predicted octanol–water partition coefficient (Wildman–Crippen LogP) is 2.03. The summed E-state index contributed by atoms with van der Waals surface area (Å²) < 4.78 is 0. The van der Waals surface area contributed by atoms with Crippen molar-refractivity contribution in [3.63, 3.8) is 0 Å². The molecule has 102 valence electrons. The Hall–Kier alpha value is -2.21. The van der Waals surface area contributed by atoms with Crippen molar-refractivity contribution in [2.24, 2.45) is 5.10 Å². The van der Waals surface area contributed by atoms with Crippen LogP contribution in [0.4, 0.5) is 0 Å². The number of thioether (sulfide) groups is 1. The summed E-state index contributed by atoms with van der Waals surface area (Å²) in [5, 5.41) is 4.47. The summed E-state index contributed by atoms with van der Waals surface area (Å²) >= 11 is 1.28. The first-order valence-electron chi connectivity index (χ1n) is 6.02. The molecule has 6 heteroatoms. The van der Waals surface area contributed by atoms with E-state index in [4.69, 9.17) is 0 Å². The molecule has 5 nitrogen and oxygen atoms in total. The van der Waals surface area contributed by atoms with Crippen LogP contribution < -0.4 is 5.43 Å². The zero-order valence-electron chi connectivity index (χ0n) is 11.0. The highest BCUT2D eigenvalue weighted by atomic mass is 32.2. The van der Waals surface area contributed by atoms with Crippen molar-refractivity contribution in [1.29, 1.82) is 0 Å². The van der Waals surface area contributed by atoms with Crippen molar-refractivity contribution in [3.8, 4) is 0 Å². The van der Waals surface area contributed by atoms with Crippen LogP contribution >= 0.6 is 11.8 Å². The molecule has 0 atom stereocenters. The molecule has 1 heterocycles. The fourth-order valence-electron chi connectivity index (χ4n) is 1.34. The van der Waals surface area contributed by atoms with Gasteiger partial charge in [0, 0.05) is 12.4 Å². The Bertz CT molecular complexity index is 584. The molecular weight excluding hydrogens is 272 g/mol. The maximum absolute atomic E-state index is 11.6. The van der Waals surface area contributed by atoms with Crippen molar-refractivity contribution in [1.82, 2.24) is 15.4 Å². The minimum Gasteiger partial charge on any atom is -0.272 e. The van der Waals surface area contributed by atoms with Crippen LogP contribution in [0.5, 0.6) is 0 Å². The molecule has 0 saturated carbocycles. The van der Waals surface area contributed by atoms with Crippen LogP contribution in [0.25, 0.3) is 0 Å². The number of amides is 1. The summed E-state index contributed by atoms with van der Waals surface area (Å²) in [6.45, 7) is 1.92. The van der Waals surface area contributed by atoms with Gasteiger partial charge in [0.1, 0.15) is 0 Å². The van der Waals surface area contributed by atoms with Gasteiger partial charge in [-0.05, 0) is 18.1 Å². The van der Waals surface area contributed by atoms with E-state index in [0.29, 0.717) is 5.16 Å². The minimum atomic E-state index is -0.189. The number of aromatic nitrogens is 2. The van der Waals surface area contributed by atoms with Gasteiger partial charge in [-0.15, -0.1) is 0 Å². The Kier molecular flexibility index (Phi) is 5.25. The van der Waals surface area contributed by atoms with Crippen molar-refractivity contribution in [2.45, 2.75) is 12.1 Å². The second kappa shape index (κ2) is 7.40. The molecule has 1 amide bonds. The normalized spacial score (nSPS) is 10.7. The molecule has 1 aromatic carbocycles. The smallest absolute Gasteiger partial charge is 0.250 e. The van der Waals surface area contributed by atoms with Crippen LogP contribution in [0.1, 0.15) is 11.1 Å². The summed E-state index contributed by atoms with van der Waals surface area (Å²) in [4.78, 5) is 19.8. The molecule has 0 unspecified atom stereocenters. The number of carbonyl (C=O) groups excluding carboxylic acids is 1. The van der Waals surface area contributed by atoms with E-state index in [1.54, 1.807) is 18.6 Å². The van der Waals surface area contributed by atoms with E-state index in [1.807, 2.05) is 37.3 Å². The molecule has 2 aromatic rings. The van der Waals surface area contributed by atoms with Crippen molar-refractivity contribution in [2.75, 3.05) is 5.75 Å². The highest BCUT2D eigenvalue weighted by molar-refractivity contribution is 7.99. The molecule has 0 aliphatic carbocycles.